The Kier molecular flexibility index (Phi) is 3.05. The lowest BCUT2D eigenvalue weighted by atomic mass is 10.3. The van der Waals surface area contributed by atoms with E-state index in [2.05, 4.69) is 18.2 Å². The molecule has 1 N–H and O–H groups in total. The average Bonchev–Trinajstić information content (AvgIpc) is 2.52. The molecule has 3 heteroatoms. The lowest BCUT2D eigenvalue weighted by Crippen LogP contribution is -2.35. The summed E-state index contributed by atoms with van der Waals surface area (Å²) < 4.78 is 0. The molecule has 1 rings (SSSR count). The van der Waals surface area contributed by atoms with E-state index in [9.17, 15) is 5.11 Å². The summed E-state index contributed by atoms with van der Waals surface area (Å²) in [5, 5.41) is 9.43. The van der Waals surface area contributed by atoms with Crippen molar-refractivity contribution in [1.82, 2.24) is 4.90 Å². The van der Waals surface area contributed by atoms with Gasteiger partial charge in [-0.15, -0.1) is 13.2 Å². The second-order valence-electron chi connectivity index (χ2n) is 2.66. The minimum Gasteiger partial charge on any atom is -0.381 e. The van der Waals surface area contributed by atoms with Gasteiger partial charge in [0.05, 0.1) is 6.54 Å². The number of amidine groups is 1. The first kappa shape index (κ1) is 9.00. The van der Waals surface area contributed by atoms with Crippen molar-refractivity contribution in [3.8, 4) is 0 Å². The minimum atomic E-state index is -0.632. The lowest BCUT2D eigenvalue weighted by Gasteiger charge is -2.20. The second-order valence-corrected chi connectivity index (χ2v) is 2.66. The van der Waals surface area contributed by atoms with Crippen LogP contribution in [0.2, 0.25) is 0 Å². The number of hydrogen-bond acceptors (Lipinski definition) is 3. The Morgan fingerprint density at radius 3 is 3.00 bits per heavy atom. The Balaban J connectivity index is 2.61. The molecule has 0 saturated carbocycles. The molecule has 0 bridgehead atoms. The van der Waals surface area contributed by atoms with Crippen molar-refractivity contribution in [3.63, 3.8) is 0 Å². The Morgan fingerprint density at radius 2 is 2.42 bits per heavy atom. The highest BCUT2D eigenvalue weighted by Crippen LogP contribution is 2.05. The summed E-state index contributed by atoms with van der Waals surface area (Å²) in [5.74, 6) is 0.713. The smallest absolute Gasteiger partial charge is 0.133 e. The van der Waals surface area contributed by atoms with Gasteiger partial charge in [-0.25, -0.2) is 0 Å². The Bertz CT molecular complexity index is 211. The van der Waals surface area contributed by atoms with Gasteiger partial charge >= 0.3 is 0 Å². The highest BCUT2D eigenvalue weighted by molar-refractivity contribution is 5.89. The average molecular weight is 166 g/mol. The van der Waals surface area contributed by atoms with Gasteiger partial charge in [0.1, 0.15) is 11.9 Å². The predicted octanol–water partition coefficient (Wildman–Crippen LogP) is 0.433. The summed E-state index contributed by atoms with van der Waals surface area (Å²) in [6.07, 6.45) is 2.66. The summed E-state index contributed by atoms with van der Waals surface area (Å²) >= 11 is 0. The molecule has 0 aliphatic carbocycles. The number of aliphatic hydroxyl groups excluding tert-OH is 1. The van der Waals surface area contributed by atoms with Crippen molar-refractivity contribution in [1.29, 1.82) is 0 Å². The molecule has 12 heavy (non-hydrogen) atoms. The molecule has 1 aliphatic rings. The molecule has 0 aromatic heterocycles. The summed E-state index contributed by atoms with van der Waals surface area (Å²) in [7, 11) is 0. The van der Waals surface area contributed by atoms with Crippen LogP contribution in [-0.2, 0) is 0 Å². The van der Waals surface area contributed by atoms with E-state index in [0.29, 0.717) is 5.84 Å². The maximum absolute atomic E-state index is 9.43. The molecule has 3 nitrogen and oxygen atoms in total. The standard InChI is InChI=1S/C9H14N2O/c1-3-6-11-7-5-10-9(11)8(12)4-2/h3-4,8,12H,1-2,5-7H2. The summed E-state index contributed by atoms with van der Waals surface area (Å²) in [6.45, 7) is 9.52. The van der Waals surface area contributed by atoms with Gasteiger partial charge in [0.15, 0.2) is 0 Å². The fourth-order valence-electron chi connectivity index (χ4n) is 1.23. The second kappa shape index (κ2) is 4.07. The molecule has 66 valence electrons. The van der Waals surface area contributed by atoms with Crippen molar-refractivity contribution in [2.75, 3.05) is 19.6 Å². The zero-order chi connectivity index (χ0) is 8.97. The quantitative estimate of drug-likeness (QED) is 0.615. The maximum atomic E-state index is 9.43. The third-order valence-corrected chi connectivity index (χ3v) is 1.81. The topological polar surface area (TPSA) is 35.8 Å². The highest BCUT2D eigenvalue weighted by atomic mass is 16.3. The molecule has 0 aromatic carbocycles. The molecule has 0 radical (unpaired) electrons. The zero-order valence-corrected chi connectivity index (χ0v) is 7.11. The summed E-state index contributed by atoms with van der Waals surface area (Å²) in [5.41, 5.74) is 0. The first-order chi connectivity index (χ1) is 5.79. The fourth-order valence-corrected chi connectivity index (χ4v) is 1.23. The van der Waals surface area contributed by atoms with Crippen LogP contribution in [0.1, 0.15) is 0 Å². The molecule has 1 unspecified atom stereocenters. The van der Waals surface area contributed by atoms with Crippen molar-refractivity contribution >= 4 is 5.84 Å². The SMILES string of the molecule is C=CCN1CCN=C1C(O)C=C. The molecule has 0 aromatic rings. The largest absolute Gasteiger partial charge is 0.381 e. The first-order valence-electron chi connectivity index (χ1n) is 4.00. The van der Waals surface area contributed by atoms with Gasteiger partial charge in [-0.2, -0.15) is 0 Å². The van der Waals surface area contributed by atoms with Crippen LogP contribution in [0.4, 0.5) is 0 Å². The van der Waals surface area contributed by atoms with Crippen LogP contribution in [0.5, 0.6) is 0 Å². The lowest BCUT2D eigenvalue weighted by molar-refractivity contribution is 0.271. The van der Waals surface area contributed by atoms with E-state index >= 15 is 0 Å². The van der Waals surface area contributed by atoms with Crippen LogP contribution in [0.25, 0.3) is 0 Å². The van der Waals surface area contributed by atoms with Crippen molar-refractivity contribution < 1.29 is 5.11 Å². The normalized spacial score (nSPS) is 18.8. The summed E-state index contributed by atoms with van der Waals surface area (Å²) in [4.78, 5) is 6.18. The van der Waals surface area contributed by atoms with Gasteiger partial charge in [0.2, 0.25) is 0 Å². The third-order valence-electron chi connectivity index (χ3n) is 1.81. The van der Waals surface area contributed by atoms with Crippen molar-refractivity contribution in [2.24, 2.45) is 4.99 Å². The molecular weight excluding hydrogens is 152 g/mol. The fraction of sp³-hybridized carbons (Fsp3) is 0.444. The van der Waals surface area contributed by atoms with Crippen LogP contribution in [0.15, 0.2) is 30.3 Å². The first-order valence-corrected chi connectivity index (χ1v) is 4.00. The molecule has 1 heterocycles. The third kappa shape index (κ3) is 1.74. The number of hydrogen-bond donors (Lipinski definition) is 1. The van der Waals surface area contributed by atoms with Crippen molar-refractivity contribution in [3.05, 3.63) is 25.3 Å². The highest BCUT2D eigenvalue weighted by Gasteiger charge is 2.20. The van der Waals surface area contributed by atoms with E-state index in [1.54, 1.807) is 6.08 Å². The van der Waals surface area contributed by atoms with Crippen LogP contribution in [0.3, 0.4) is 0 Å². The summed E-state index contributed by atoms with van der Waals surface area (Å²) in [6, 6.07) is 0. The van der Waals surface area contributed by atoms with Gasteiger partial charge in [-0.3, -0.25) is 4.99 Å². The molecule has 0 amide bonds. The molecule has 0 spiro atoms. The number of rotatable bonds is 4. The zero-order valence-electron chi connectivity index (χ0n) is 7.11. The van der Waals surface area contributed by atoms with Gasteiger partial charge in [0, 0.05) is 13.1 Å². The Labute approximate surface area is 72.7 Å². The number of nitrogens with zero attached hydrogens (tertiary/aromatic N) is 2. The minimum absolute atomic E-state index is 0.632. The monoisotopic (exact) mass is 166 g/mol. The molecule has 0 saturated heterocycles. The maximum Gasteiger partial charge on any atom is 0.133 e. The van der Waals surface area contributed by atoms with Gasteiger partial charge < -0.3 is 10.0 Å². The van der Waals surface area contributed by atoms with Crippen LogP contribution >= 0.6 is 0 Å². The van der Waals surface area contributed by atoms with E-state index in [0.717, 1.165) is 19.6 Å². The van der Waals surface area contributed by atoms with Crippen LogP contribution in [0, 0.1) is 0 Å². The Hall–Kier alpha value is -1.09. The molecule has 1 aliphatic heterocycles. The van der Waals surface area contributed by atoms with Crippen molar-refractivity contribution in [2.45, 2.75) is 6.10 Å². The van der Waals surface area contributed by atoms with Gasteiger partial charge in [-0.1, -0.05) is 12.2 Å². The number of aliphatic hydroxyl groups is 1. The van der Waals surface area contributed by atoms with Gasteiger partial charge in [-0.05, 0) is 0 Å². The Morgan fingerprint density at radius 1 is 1.67 bits per heavy atom. The van der Waals surface area contributed by atoms with E-state index in [4.69, 9.17) is 0 Å². The predicted molar refractivity (Wildman–Crippen MR) is 50.3 cm³/mol. The number of aliphatic imine (C=N–C) groups is 1. The van der Waals surface area contributed by atoms with Crippen LogP contribution in [-0.4, -0.2) is 41.6 Å². The van der Waals surface area contributed by atoms with E-state index in [-0.39, 0.29) is 0 Å². The van der Waals surface area contributed by atoms with E-state index in [1.165, 1.54) is 6.08 Å². The van der Waals surface area contributed by atoms with E-state index in [1.807, 2.05) is 4.90 Å². The van der Waals surface area contributed by atoms with Crippen LogP contribution < -0.4 is 0 Å². The van der Waals surface area contributed by atoms with E-state index < -0.39 is 6.10 Å². The molecular formula is C9H14N2O. The van der Waals surface area contributed by atoms with Gasteiger partial charge in [0.25, 0.3) is 0 Å². The molecule has 1 atom stereocenters. The molecule has 0 fully saturated rings.